The van der Waals surface area contributed by atoms with Crippen molar-refractivity contribution in [1.82, 2.24) is 9.55 Å². The Morgan fingerprint density at radius 2 is 2.19 bits per heavy atom. The smallest absolute Gasteiger partial charge is 0.330 e. The Balaban J connectivity index is 2.44. The van der Waals surface area contributed by atoms with E-state index in [2.05, 4.69) is 4.98 Å². The van der Waals surface area contributed by atoms with Gasteiger partial charge < -0.3 is 14.6 Å². The van der Waals surface area contributed by atoms with Crippen LogP contribution in [0, 0.1) is 0 Å². The van der Waals surface area contributed by atoms with Gasteiger partial charge in [0, 0.05) is 19.4 Å². The van der Waals surface area contributed by atoms with Crippen LogP contribution in [0.4, 0.5) is 0 Å². The fourth-order valence-corrected chi connectivity index (χ4v) is 3.02. The van der Waals surface area contributed by atoms with E-state index in [-0.39, 0.29) is 0 Å². The normalized spacial score (nSPS) is 32.5. The lowest BCUT2D eigenvalue weighted by Gasteiger charge is -2.30. The van der Waals surface area contributed by atoms with Gasteiger partial charge in [-0.05, 0) is 12.8 Å². The SMILES string of the molecule is CCC[C@]1(CC)O[C@@H](n2ccc(=O)[nH]c2=O)C(OC)[C@H]1O. The molecule has 0 amide bonds. The number of H-pyrrole nitrogens is 1. The minimum Gasteiger partial charge on any atom is -0.387 e. The maximum atomic E-state index is 11.9. The third-order valence-electron chi connectivity index (χ3n) is 4.16. The van der Waals surface area contributed by atoms with Gasteiger partial charge in [0.2, 0.25) is 0 Å². The van der Waals surface area contributed by atoms with Gasteiger partial charge >= 0.3 is 5.69 Å². The zero-order valence-electron chi connectivity index (χ0n) is 12.5. The second-order valence-electron chi connectivity index (χ2n) is 5.34. The van der Waals surface area contributed by atoms with Gasteiger partial charge in [0.15, 0.2) is 6.23 Å². The minimum absolute atomic E-state index is 0.473. The molecule has 21 heavy (non-hydrogen) atoms. The van der Waals surface area contributed by atoms with E-state index in [0.717, 1.165) is 6.42 Å². The highest BCUT2D eigenvalue weighted by molar-refractivity contribution is 5.02. The van der Waals surface area contributed by atoms with E-state index >= 15 is 0 Å². The first-order valence-corrected chi connectivity index (χ1v) is 7.19. The van der Waals surface area contributed by atoms with Crippen molar-refractivity contribution in [3.63, 3.8) is 0 Å². The number of aliphatic hydroxyl groups is 1. The van der Waals surface area contributed by atoms with E-state index in [9.17, 15) is 14.7 Å². The fourth-order valence-electron chi connectivity index (χ4n) is 3.02. The van der Waals surface area contributed by atoms with Crippen LogP contribution < -0.4 is 11.2 Å². The molecule has 0 saturated carbocycles. The zero-order chi connectivity index (χ0) is 15.6. The van der Waals surface area contributed by atoms with Crippen LogP contribution in [0.1, 0.15) is 39.3 Å². The number of nitrogens with one attached hydrogen (secondary N) is 1. The second-order valence-corrected chi connectivity index (χ2v) is 5.34. The molecule has 2 heterocycles. The van der Waals surface area contributed by atoms with E-state index in [1.165, 1.54) is 23.9 Å². The highest BCUT2D eigenvalue weighted by Crippen LogP contribution is 2.42. The largest absolute Gasteiger partial charge is 0.387 e. The number of aliphatic hydroxyl groups excluding tert-OH is 1. The number of nitrogens with zero attached hydrogens (tertiary/aromatic N) is 1. The molecule has 0 bridgehead atoms. The summed E-state index contributed by atoms with van der Waals surface area (Å²) in [6.45, 7) is 3.94. The molecule has 1 fully saturated rings. The van der Waals surface area contributed by atoms with Crippen LogP contribution in [-0.2, 0) is 9.47 Å². The Morgan fingerprint density at radius 1 is 1.48 bits per heavy atom. The standard InChI is InChI=1S/C14H22N2O5/c1-4-7-14(5-2)11(18)10(20-3)12(21-14)16-8-6-9(17)15-13(16)19/h6,8,10-12,18H,4-5,7H2,1-3H3,(H,15,17,19)/t10?,11-,12-,14+/m1/s1. The summed E-state index contributed by atoms with van der Waals surface area (Å²) in [7, 11) is 1.47. The number of rotatable bonds is 5. The monoisotopic (exact) mass is 298 g/mol. The van der Waals surface area contributed by atoms with Crippen molar-refractivity contribution in [1.29, 1.82) is 0 Å². The third kappa shape index (κ3) is 2.68. The van der Waals surface area contributed by atoms with Gasteiger partial charge in [0.1, 0.15) is 12.2 Å². The summed E-state index contributed by atoms with van der Waals surface area (Å²) < 4.78 is 12.6. The molecule has 1 aliphatic heterocycles. The first kappa shape index (κ1) is 15.9. The Hall–Kier alpha value is -1.44. The molecule has 0 aromatic carbocycles. The van der Waals surface area contributed by atoms with Gasteiger partial charge in [-0.15, -0.1) is 0 Å². The quantitative estimate of drug-likeness (QED) is 0.820. The average molecular weight is 298 g/mol. The van der Waals surface area contributed by atoms with Crippen LogP contribution in [0.25, 0.3) is 0 Å². The summed E-state index contributed by atoms with van der Waals surface area (Å²) in [5.41, 5.74) is -1.79. The maximum absolute atomic E-state index is 11.9. The van der Waals surface area contributed by atoms with Crippen molar-refractivity contribution in [2.45, 2.75) is 57.1 Å². The van der Waals surface area contributed by atoms with Crippen LogP contribution >= 0.6 is 0 Å². The topological polar surface area (TPSA) is 93.6 Å². The van der Waals surface area contributed by atoms with Crippen molar-refractivity contribution < 1.29 is 14.6 Å². The van der Waals surface area contributed by atoms with Crippen LogP contribution in [-0.4, -0.2) is 39.6 Å². The number of methoxy groups -OCH3 is 1. The van der Waals surface area contributed by atoms with E-state index in [1.807, 2.05) is 13.8 Å². The minimum atomic E-state index is -0.837. The number of aromatic nitrogens is 2. The van der Waals surface area contributed by atoms with Gasteiger partial charge in [-0.1, -0.05) is 20.3 Å². The molecule has 1 saturated heterocycles. The van der Waals surface area contributed by atoms with Crippen LogP contribution in [0.3, 0.4) is 0 Å². The molecule has 0 radical (unpaired) electrons. The molecule has 2 rings (SSSR count). The highest BCUT2D eigenvalue weighted by atomic mass is 16.6. The summed E-state index contributed by atoms with van der Waals surface area (Å²) in [6, 6.07) is 1.25. The van der Waals surface area contributed by atoms with Gasteiger partial charge in [-0.25, -0.2) is 4.79 Å². The Bertz CT molecular complexity index is 596. The lowest BCUT2D eigenvalue weighted by atomic mass is 9.88. The van der Waals surface area contributed by atoms with Crippen molar-refractivity contribution in [2.24, 2.45) is 0 Å². The van der Waals surface area contributed by atoms with Gasteiger partial charge in [-0.3, -0.25) is 14.3 Å². The Labute approximate surface area is 122 Å². The van der Waals surface area contributed by atoms with Crippen LogP contribution in [0.15, 0.2) is 21.9 Å². The molecule has 1 unspecified atom stereocenters. The highest BCUT2D eigenvalue weighted by Gasteiger charge is 2.54. The van der Waals surface area contributed by atoms with Crippen LogP contribution in [0.2, 0.25) is 0 Å². The first-order valence-electron chi connectivity index (χ1n) is 7.19. The second kappa shape index (κ2) is 6.13. The summed E-state index contributed by atoms with van der Waals surface area (Å²) in [6.07, 6.45) is 1.21. The molecule has 0 aliphatic carbocycles. The molecule has 7 nitrogen and oxygen atoms in total. The lowest BCUT2D eigenvalue weighted by Crippen LogP contribution is -2.43. The molecule has 1 aromatic rings. The lowest BCUT2D eigenvalue weighted by molar-refractivity contribution is -0.112. The first-order chi connectivity index (χ1) is 9.99. The summed E-state index contributed by atoms with van der Waals surface area (Å²) in [5.74, 6) is 0. The summed E-state index contributed by atoms with van der Waals surface area (Å²) >= 11 is 0. The molecule has 7 heteroatoms. The van der Waals surface area contributed by atoms with Crippen molar-refractivity contribution >= 4 is 0 Å². The summed E-state index contributed by atoms with van der Waals surface area (Å²) in [4.78, 5) is 25.3. The predicted molar refractivity (Wildman–Crippen MR) is 76.2 cm³/mol. The van der Waals surface area contributed by atoms with E-state index in [0.29, 0.717) is 12.8 Å². The molecule has 0 spiro atoms. The van der Waals surface area contributed by atoms with E-state index in [4.69, 9.17) is 9.47 Å². The number of hydrogen-bond acceptors (Lipinski definition) is 5. The Morgan fingerprint density at radius 3 is 2.71 bits per heavy atom. The summed E-state index contributed by atoms with van der Waals surface area (Å²) in [5, 5.41) is 10.6. The van der Waals surface area contributed by atoms with E-state index < -0.39 is 35.3 Å². The number of aromatic amines is 1. The van der Waals surface area contributed by atoms with E-state index in [1.54, 1.807) is 0 Å². The number of ether oxygens (including phenoxy) is 2. The molecule has 1 aromatic heterocycles. The molecular formula is C14H22N2O5. The average Bonchev–Trinajstić information content (AvgIpc) is 2.72. The number of hydrogen-bond donors (Lipinski definition) is 2. The van der Waals surface area contributed by atoms with Crippen molar-refractivity contribution in [3.8, 4) is 0 Å². The molecule has 4 atom stereocenters. The molecule has 118 valence electrons. The van der Waals surface area contributed by atoms with Crippen molar-refractivity contribution in [3.05, 3.63) is 33.1 Å². The zero-order valence-corrected chi connectivity index (χ0v) is 12.5. The molecular weight excluding hydrogens is 276 g/mol. The maximum Gasteiger partial charge on any atom is 0.330 e. The predicted octanol–water partition coefficient (Wildman–Crippen LogP) is 0.390. The van der Waals surface area contributed by atoms with Crippen LogP contribution in [0.5, 0.6) is 0 Å². The molecule has 1 aliphatic rings. The van der Waals surface area contributed by atoms with Gasteiger partial charge in [0.25, 0.3) is 5.56 Å². The van der Waals surface area contributed by atoms with Gasteiger partial charge in [-0.2, -0.15) is 0 Å². The fraction of sp³-hybridized carbons (Fsp3) is 0.714. The Kier molecular flexibility index (Phi) is 4.65. The van der Waals surface area contributed by atoms with Gasteiger partial charge in [0.05, 0.1) is 5.60 Å². The molecule has 2 N–H and O–H groups in total. The van der Waals surface area contributed by atoms with Crippen molar-refractivity contribution in [2.75, 3.05) is 7.11 Å². The third-order valence-corrected chi connectivity index (χ3v) is 4.16.